The Morgan fingerprint density at radius 3 is 2.76 bits per heavy atom. The summed E-state index contributed by atoms with van der Waals surface area (Å²) in [6.07, 6.45) is 8.79. The van der Waals surface area contributed by atoms with E-state index in [0.717, 1.165) is 37.3 Å². The van der Waals surface area contributed by atoms with Crippen molar-refractivity contribution in [1.82, 2.24) is 0 Å². The largest absolute Gasteiger partial charge is 0.493 e. The van der Waals surface area contributed by atoms with Gasteiger partial charge in [0.1, 0.15) is 0 Å². The fourth-order valence-electron chi connectivity index (χ4n) is 1.82. The number of methoxy groups -OCH3 is 1. The molecule has 1 N–H and O–H groups in total. The van der Waals surface area contributed by atoms with Gasteiger partial charge in [-0.25, -0.2) is 4.79 Å². The van der Waals surface area contributed by atoms with Crippen LogP contribution in [-0.4, -0.2) is 24.8 Å². The first-order chi connectivity index (χ1) is 10.2. The number of carboxylic acids is 1. The molecular formula is C17H22O4. The molecule has 0 aliphatic rings. The molecule has 4 nitrogen and oxygen atoms in total. The van der Waals surface area contributed by atoms with Crippen molar-refractivity contribution in [2.24, 2.45) is 0 Å². The van der Waals surface area contributed by atoms with Crippen LogP contribution in [0, 0.1) is 0 Å². The van der Waals surface area contributed by atoms with Crippen LogP contribution in [0.25, 0.3) is 6.08 Å². The van der Waals surface area contributed by atoms with Crippen molar-refractivity contribution in [3.05, 3.63) is 42.5 Å². The Bertz CT molecular complexity index is 492. The zero-order valence-electron chi connectivity index (χ0n) is 12.4. The molecule has 0 aliphatic carbocycles. The minimum atomic E-state index is -0.978. The predicted molar refractivity (Wildman–Crippen MR) is 83.8 cm³/mol. The summed E-state index contributed by atoms with van der Waals surface area (Å²) < 4.78 is 11.0. The van der Waals surface area contributed by atoms with Gasteiger partial charge in [0, 0.05) is 6.08 Å². The van der Waals surface area contributed by atoms with Crippen LogP contribution in [0.2, 0.25) is 0 Å². The van der Waals surface area contributed by atoms with E-state index in [1.165, 1.54) is 6.08 Å². The van der Waals surface area contributed by atoms with Crippen LogP contribution in [0.15, 0.2) is 36.9 Å². The lowest BCUT2D eigenvalue weighted by Gasteiger charge is -2.11. The number of hydrogen-bond acceptors (Lipinski definition) is 3. The molecule has 0 aliphatic heterocycles. The molecule has 0 saturated heterocycles. The molecule has 21 heavy (non-hydrogen) atoms. The molecule has 114 valence electrons. The molecular weight excluding hydrogens is 268 g/mol. The van der Waals surface area contributed by atoms with E-state index in [-0.39, 0.29) is 0 Å². The first-order valence-electron chi connectivity index (χ1n) is 7.00. The number of allylic oxidation sites excluding steroid dienone is 1. The molecule has 0 atom stereocenters. The lowest BCUT2D eigenvalue weighted by atomic mass is 10.2. The Morgan fingerprint density at radius 1 is 1.29 bits per heavy atom. The molecule has 0 radical (unpaired) electrons. The van der Waals surface area contributed by atoms with E-state index in [2.05, 4.69) is 6.58 Å². The molecule has 0 heterocycles. The number of carbonyl (C=O) groups is 1. The molecule has 0 aromatic heterocycles. The molecule has 0 unspecified atom stereocenters. The van der Waals surface area contributed by atoms with Crippen molar-refractivity contribution in [2.45, 2.75) is 25.7 Å². The smallest absolute Gasteiger partial charge is 0.328 e. The Morgan fingerprint density at radius 2 is 2.10 bits per heavy atom. The number of rotatable bonds is 10. The van der Waals surface area contributed by atoms with Crippen molar-refractivity contribution >= 4 is 12.0 Å². The summed E-state index contributed by atoms with van der Waals surface area (Å²) in [7, 11) is 1.57. The minimum absolute atomic E-state index is 0.605. The second-order valence-corrected chi connectivity index (χ2v) is 4.57. The quantitative estimate of drug-likeness (QED) is 0.403. The fourth-order valence-corrected chi connectivity index (χ4v) is 1.82. The zero-order valence-corrected chi connectivity index (χ0v) is 12.4. The van der Waals surface area contributed by atoms with E-state index >= 15 is 0 Å². The monoisotopic (exact) mass is 290 g/mol. The van der Waals surface area contributed by atoms with Gasteiger partial charge in [-0.1, -0.05) is 12.1 Å². The number of benzene rings is 1. The SMILES string of the molecule is C=CCCCCCOc1ccc(/C=C/C(=O)O)cc1OC. The van der Waals surface area contributed by atoms with Gasteiger partial charge in [0.2, 0.25) is 0 Å². The zero-order chi connectivity index (χ0) is 15.5. The lowest BCUT2D eigenvalue weighted by molar-refractivity contribution is -0.131. The maximum atomic E-state index is 10.5. The van der Waals surface area contributed by atoms with Crippen molar-refractivity contribution < 1.29 is 19.4 Å². The normalized spacial score (nSPS) is 10.5. The number of hydrogen-bond donors (Lipinski definition) is 1. The van der Waals surface area contributed by atoms with Gasteiger partial charge in [-0.2, -0.15) is 0 Å². The number of aliphatic carboxylic acids is 1. The van der Waals surface area contributed by atoms with E-state index in [1.807, 2.05) is 6.08 Å². The third kappa shape index (κ3) is 6.65. The highest BCUT2D eigenvalue weighted by molar-refractivity contribution is 5.85. The van der Waals surface area contributed by atoms with Gasteiger partial charge >= 0.3 is 5.97 Å². The van der Waals surface area contributed by atoms with Crippen LogP contribution in [0.4, 0.5) is 0 Å². The van der Waals surface area contributed by atoms with Gasteiger partial charge in [0.15, 0.2) is 11.5 Å². The number of ether oxygens (including phenoxy) is 2. The van der Waals surface area contributed by atoms with Crippen molar-refractivity contribution in [3.63, 3.8) is 0 Å². The summed E-state index contributed by atoms with van der Waals surface area (Å²) in [5.74, 6) is 0.302. The van der Waals surface area contributed by atoms with Gasteiger partial charge in [-0.3, -0.25) is 0 Å². The summed E-state index contributed by atoms with van der Waals surface area (Å²) in [6.45, 7) is 4.33. The summed E-state index contributed by atoms with van der Waals surface area (Å²) in [5, 5.41) is 8.61. The predicted octanol–water partition coefficient (Wildman–Crippen LogP) is 3.92. The standard InChI is InChI=1S/C17H22O4/c1-3-4-5-6-7-12-21-15-10-8-14(9-11-17(18)19)13-16(15)20-2/h3,8-11,13H,1,4-7,12H2,2H3,(H,18,19)/b11-9+. The highest BCUT2D eigenvalue weighted by Gasteiger charge is 2.04. The summed E-state index contributed by atoms with van der Waals surface area (Å²) in [4.78, 5) is 10.5. The second-order valence-electron chi connectivity index (χ2n) is 4.57. The van der Waals surface area contributed by atoms with Crippen LogP contribution in [0.1, 0.15) is 31.2 Å². The Hall–Kier alpha value is -2.23. The Labute approximate surface area is 125 Å². The van der Waals surface area contributed by atoms with Crippen molar-refractivity contribution in [3.8, 4) is 11.5 Å². The van der Waals surface area contributed by atoms with Gasteiger partial charge < -0.3 is 14.6 Å². The highest BCUT2D eigenvalue weighted by Crippen LogP contribution is 2.28. The maximum absolute atomic E-state index is 10.5. The molecule has 0 bridgehead atoms. The molecule has 0 saturated carbocycles. The van der Waals surface area contributed by atoms with Gasteiger partial charge in [0.25, 0.3) is 0 Å². The van der Waals surface area contributed by atoms with Crippen LogP contribution < -0.4 is 9.47 Å². The first kappa shape index (κ1) is 16.8. The summed E-state index contributed by atoms with van der Waals surface area (Å²) in [6, 6.07) is 5.35. The maximum Gasteiger partial charge on any atom is 0.328 e. The van der Waals surface area contributed by atoms with Crippen LogP contribution in [0.5, 0.6) is 11.5 Å². The third-order valence-electron chi connectivity index (χ3n) is 2.92. The molecule has 1 aromatic rings. The van der Waals surface area contributed by atoms with Crippen LogP contribution in [-0.2, 0) is 4.79 Å². The second kappa shape index (κ2) is 9.64. The highest BCUT2D eigenvalue weighted by atomic mass is 16.5. The van der Waals surface area contributed by atoms with Crippen LogP contribution >= 0.6 is 0 Å². The van der Waals surface area contributed by atoms with Crippen molar-refractivity contribution in [1.29, 1.82) is 0 Å². The topological polar surface area (TPSA) is 55.8 Å². The average molecular weight is 290 g/mol. The third-order valence-corrected chi connectivity index (χ3v) is 2.92. The van der Waals surface area contributed by atoms with E-state index in [1.54, 1.807) is 25.3 Å². The lowest BCUT2D eigenvalue weighted by Crippen LogP contribution is -1.99. The molecule has 4 heteroatoms. The molecule has 0 amide bonds. The Balaban J connectivity index is 2.54. The summed E-state index contributed by atoms with van der Waals surface area (Å²) in [5.41, 5.74) is 0.757. The van der Waals surface area contributed by atoms with E-state index < -0.39 is 5.97 Å². The van der Waals surface area contributed by atoms with E-state index in [9.17, 15) is 4.79 Å². The fraction of sp³-hybridized carbons (Fsp3) is 0.353. The van der Waals surface area contributed by atoms with Gasteiger partial charge in [-0.05, 0) is 49.5 Å². The Kier molecular flexibility index (Phi) is 7.72. The summed E-state index contributed by atoms with van der Waals surface area (Å²) >= 11 is 0. The minimum Gasteiger partial charge on any atom is -0.493 e. The molecule has 1 aromatic carbocycles. The van der Waals surface area contributed by atoms with Crippen LogP contribution in [0.3, 0.4) is 0 Å². The van der Waals surface area contributed by atoms with Gasteiger partial charge in [-0.15, -0.1) is 6.58 Å². The number of unbranched alkanes of at least 4 members (excludes halogenated alkanes) is 3. The van der Waals surface area contributed by atoms with E-state index in [0.29, 0.717) is 18.1 Å². The van der Waals surface area contributed by atoms with Gasteiger partial charge in [0.05, 0.1) is 13.7 Å². The average Bonchev–Trinajstić information content (AvgIpc) is 2.49. The molecule has 0 fully saturated rings. The first-order valence-corrected chi connectivity index (χ1v) is 7.00. The van der Waals surface area contributed by atoms with E-state index in [4.69, 9.17) is 14.6 Å². The molecule has 0 spiro atoms. The number of carboxylic acid groups (broad SMARTS) is 1. The molecule has 1 rings (SSSR count). The van der Waals surface area contributed by atoms with Crippen molar-refractivity contribution in [2.75, 3.05) is 13.7 Å².